The van der Waals surface area contributed by atoms with Gasteiger partial charge in [0.25, 0.3) is 5.91 Å². The van der Waals surface area contributed by atoms with Crippen LogP contribution in [0, 0.1) is 0 Å². The SMILES string of the molecule is C[C@@H](NC(=O)CN1C(=O)N[C@@](C)(c2ccc(OC(F)F)cc2)C1=O)c1ccccc1. The Bertz CT molecular complexity index is 937. The minimum Gasteiger partial charge on any atom is -0.435 e. The van der Waals surface area contributed by atoms with Crippen LogP contribution >= 0.6 is 0 Å². The Morgan fingerprint density at radius 3 is 2.37 bits per heavy atom. The Kier molecular flexibility index (Phi) is 6.00. The predicted octanol–water partition coefficient (Wildman–Crippen LogP) is 2.93. The van der Waals surface area contributed by atoms with Gasteiger partial charge < -0.3 is 15.4 Å². The van der Waals surface area contributed by atoms with Crippen LogP contribution in [0.15, 0.2) is 54.6 Å². The number of alkyl halides is 2. The average Bonchev–Trinajstić information content (AvgIpc) is 2.92. The van der Waals surface area contributed by atoms with Gasteiger partial charge in [-0.25, -0.2) is 4.79 Å². The molecule has 2 aromatic carbocycles. The fourth-order valence-corrected chi connectivity index (χ4v) is 3.26. The number of urea groups is 1. The zero-order valence-corrected chi connectivity index (χ0v) is 16.4. The predicted molar refractivity (Wildman–Crippen MR) is 104 cm³/mol. The molecule has 7 nitrogen and oxygen atoms in total. The van der Waals surface area contributed by atoms with Gasteiger partial charge in [0, 0.05) is 0 Å². The van der Waals surface area contributed by atoms with Crippen molar-refractivity contribution in [3.63, 3.8) is 0 Å². The van der Waals surface area contributed by atoms with Crippen LogP contribution in [0.1, 0.15) is 31.0 Å². The van der Waals surface area contributed by atoms with Crippen molar-refractivity contribution in [3.8, 4) is 5.75 Å². The number of hydrogen-bond donors (Lipinski definition) is 2. The largest absolute Gasteiger partial charge is 0.435 e. The highest BCUT2D eigenvalue weighted by Crippen LogP contribution is 2.30. The monoisotopic (exact) mass is 417 g/mol. The highest BCUT2D eigenvalue weighted by Gasteiger charge is 2.49. The normalized spacial score (nSPS) is 19.6. The minimum atomic E-state index is -2.97. The van der Waals surface area contributed by atoms with Crippen molar-refractivity contribution in [1.29, 1.82) is 0 Å². The summed E-state index contributed by atoms with van der Waals surface area (Å²) in [6.45, 7) is -0.122. The zero-order valence-electron chi connectivity index (χ0n) is 16.4. The molecule has 3 rings (SSSR count). The molecule has 1 aliphatic rings. The van der Waals surface area contributed by atoms with Gasteiger partial charge in [-0.2, -0.15) is 8.78 Å². The Hall–Kier alpha value is -3.49. The summed E-state index contributed by atoms with van der Waals surface area (Å²) in [5, 5.41) is 5.32. The molecule has 1 heterocycles. The second-order valence-corrected chi connectivity index (χ2v) is 7.05. The third-order valence-corrected chi connectivity index (χ3v) is 4.91. The number of imide groups is 1. The topological polar surface area (TPSA) is 87.7 Å². The first-order chi connectivity index (χ1) is 14.2. The summed E-state index contributed by atoms with van der Waals surface area (Å²) in [4.78, 5) is 38.5. The van der Waals surface area contributed by atoms with Gasteiger partial charge in [-0.3, -0.25) is 14.5 Å². The number of carbonyl (C=O) groups is 3. The number of carbonyl (C=O) groups excluding carboxylic acids is 3. The highest BCUT2D eigenvalue weighted by atomic mass is 19.3. The summed E-state index contributed by atoms with van der Waals surface area (Å²) in [6, 6.07) is 13.6. The van der Waals surface area contributed by atoms with Crippen molar-refractivity contribution in [2.45, 2.75) is 32.0 Å². The van der Waals surface area contributed by atoms with E-state index in [2.05, 4.69) is 15.4 Å². The van der Waals surface area contributed by atoms with Crippen LogP contribution in [-0.4, -0.2) is 35.9 Å². The molecular weight excluding hydrogens is 396 g/mol. The molecule has 0 spiro atoms. The van der Waals surface area contributed by atoms with E-state index in [0.29, 0.717) is 5.56 Å². The van der Waals surface area contributed by atoms with E-state index >= 15 is 0 Å². The van der Waals surface area contributed by atoms with E-state index in [0.717, 1.165) is 10.5 Å². The van der Waals surface area contributed by atoms with E-state index in [1.165, 1.54) is 31.2 Å². The fourth-order valence-electron chi connectivity index (χ4n) is 3.26. The zero-order chi connectivity index (χ0) is 21.9. The van der Waals surface area contributed by atoms with Crippen LogP contribution in [0.5, 0.6) is 5.75 Å². The van der Waals surface area contributed by atoms with Crippen LogP contribution < -0.4 is 15.4 Å². The lowest BCUT2D eigenvalue weighted by Crippen LogP contribution is -2.43. The second kappa shape index (κ2) is 8.48. The number of nitrogens with one attached hydrogen (secondary N) is 2. The molecule has 158 valence electrons. The molecule has 2 aromatic rings. The van der Waals surface area contributed by atoms with E-state index in [1.54, 1.807) is 6.92 Å². The van der Waals surface area contributed by atoms with E-state index in [4.69, 9.17) is 0 Å². The van der Waals surface area contributed by atoms with E-state index in [1.807, 2.05) is 30.3 Å². The van der Waals surface area contributed by atoms with Crippen LogP contribution in [0.2, 0.25) is 0 Å². The molecule has 2 N–H and O–H groups in total. The molecule has 1 fully saturated rings. The minimum absolute atomic E-state index is 0.0692. The van der Waals surface area contributed by atoms with Gasteiger partial charge in [-0.15, -0.1) is 0 Å². The Morgan fingerprint density at radius 2 is 1.77 bits per heavy atom. The summed E-state index contributed by atoms with van der Waals surface area (Å²) < 4.78 is 28.9. The molecular formula is C21H21F2N3O4. The maximum atomic E-state index is 12.9. The van der Waals surface area contributed by atoms with Crippen molar-refractivity contribution in [3.05, 3.63) is 65.7 Å². The van der Waals surface area contributed by atoms with Gasteiger partial charge in [0.05, 0.1) is 6.04 Å². The van der Waals surface area contributed by atoms with Crippen LogP contribution in [0.25, 0.3) is 0 Å². The van der Waals surface area contributed by atoms with Crippen molar-refractivity contribution < 1.29 is 27.9 Å². The summed E-state index contributed by atoms with van der Waals surface area (Å²) in [5.74, 6) is -1.17. The molecule has 0 saturated carbocycles. The van der Waals surface area contributed by atoms with E-state index < -0.39 is 36.5 Å². The highest BCUT2D eigenvalue weighted by molar-refractivity contribution is 6.09. The van der Waals surface area contributed by atoms with Gasteiger partial charge in [0.2, 0.25) is 5.91 Å². The molecule has 0 radical (unpaired) electrons. The quantitative estimate of drug-likeness (QED) is 0.678. The van der Waals surface area contributed by atoms with Gasteiger partial charge in [-0.1, -0.05) is 42.5 Å². The first-order valence-corrected chi connectivity index (χ1v) is 9.24. The van der Waals surface area contributed by atoms with E-state index in [-0.39, 0.29) is 11.8 Å². The van der Waals surface area contributed by atoms with E-state index in [9.17, 15) is 23.2 Å². The molecule has 0 aliphatic carbocycles. The maximum absolute atomic E-state index is 12.9. The molecule has 1 saturated heterocycles. The number of ether oxygens (including phenoxy) is 1. The molecule has 2 atom stereocenters. The molecule has 1 aliphatic heterocycles. The molecule has 0 unspecified atom stereocenters. The summed E-state index contributed by atoms with van der Waals surface area (Å²) >= 11 is 0. The van der Waals surface area contributed by atoms with Crippen LogP contribution in [0.4, 0.5) is 13.6 Å². The molecule has 9 heteroatoms. The smallest absolute Gasteiger partial charge is 0.387 e. The van der Waals surface area contributed by atoms with Gasteiger partial charge in [0.1, 0.15) is 17.8 Å². The van der Waals surface area contributed by atoms with Crippen LogP contribution in [0.3, 0.4) is 0 Å². The number of amides is 4. The first kappa shape index (κ1) is 21.2. The number of hydrogen-bond acceptors (Lipinski definition) is 4. The Morgan fingerprint density at radius 1 is 1.13 bits per heavy atom. The number of rotatable bonds is 7. The molecule has 0 bridgehead atoms. The number of benzene rings is 2. The average molecular weight is 417 g/mol. The fraction of sp³-hybridized carbons (Fsp3) is 0.286. The summed E-state index contributed by atoms with van der Waals surface area (Å²) in [5.41, 5.74) is -0.159. The molecule has 30 heavy (non-hydrogen) atoms. The van der Waals surface area contributed by atoms with Gasteiger partial charge >= 0.3 is 12.6 Å². The Labute approximate surface area is 172 Å². The molecule has 4 amide bonds. The third kappa shape index (κ3) is 4.40. The second-order valence-electron chi connectivity index (χ2n) is 7.05. The summed E-state index contributed by atoms with van der Waals surface area (Å²) in [7, 11) is 0. The maximum Gasteiger partial charge on any atom is 0.387 e. The van der Waals surface area contributed by atoms with Crippen molar-refractivity contribution in [2.24, 2.45) is 0 Å². The van der Waals surface area contributed by atoms with Crippen molar-refractivity contribution >= 4 is 17.8 Å². The van der Waals surface area contributed by atoms with Crippen LogP contribution in [-0.2, 0) is 15.1 Å². The third-order valence-electron chi connectivity index (χ3n) is 4.91. The molecule has 0 aromatic heterocycles. The first-order valence-electron chi connectivity index (χ1n) is 9.24. The van der Waals surface area contributed by atoms with Gasteiger partial charge in [-0.05, 0) is 37.1 Å². The van der Waals surface area contributed by atoms with Crippen molar-refractivity contribution in [2.75, 3.05) is 6.54 Å². The lowest BCUT2D eigenvalue weighted by Gasteiger charge is -2.22. The standard InChI is InChI=1S/C21H21F2N3O4/c1-13(14-6-4-3-5-7-14)24-17(27)12-26-18(28)21(2,25-20(26)29)15-8-10-16(11-9-15)30-19(22)23/h3-11,13,19H,12H2,1-2H3,(H,24,27)(H,25,29)/t13-,21+/m1/s1. The lowest BCUT2D eigenvalue weighted by atomic mass is 9.92. The Balaban J connectivity index is 1.68. The lowest BCUT2D eigenvalue weighted by molar-refractivity contribution is -0.135. The summed E-state index contributed by atoms with van der Waals surface area (Å²) in [6.07, 6.45) is 0. The number of nitrogens with zero attached hydrogens (tertiary/aromatic N) is 1. The van der Waals surface area contributed by atoms with Crippen molar-refractivity contribution in [1.82, 2.24) is 15.5 Å². The number of halogens is 2. The van der Waals surface area contributed by atoms with Gasteiger partial charge in [0.15, 0.2) is 0 Å².